The summed E-state index contributed by atoms with van der Waals surface area (Å²) >= 11 is 1.57. The fraction of sp³-hybridized carbons (Fsp3) is 0.385. The van der Waals surface area contributed by atoms with Crippen molar-refractivity contribution in [3.8, 4) is 21.7 Å². The molecule has 248 valence electrons. The Hall–Kier alpha value is -4.30. The summed E-state index contributed by atoms with van der Waals surface area (Å²) in [5.41, 5.74) is 3.88. The van der Waals surface area contributed by atoms with E-state index in [1.54, 1.807) is 17.5 Å². The Labute approximate surface area is 282 Å². The summed E-state index contributed by atoms with van der Waals surface area (Å²) in [6.07, 6.45) is 2.96. The third-order valence-corrected chi connectivity index (χ3v) is 8.21. The summed E-state index contributed by atoms with van der Waals surface area (Å²) in [6, 6.07) is 26.3. The van der Waals surface area contributed by atoms with Gasteiger partial charge in [-0.05, 0) is 83.1 Å². The Morgan fingerprint density at radius 2 is 1.28 bits per heavy atom. The number of hydrogen-bond donors (Lipinski definition) is 1. The molecule has 8 heteroatoms. The van der Waals surface area contributed by atoms with Crippen molar-refractivity contribution < 1.29 is 23.9 Å². The Kier molecular flexibility index (Phi) is 12.1. The van der Waals surface area contributed by atoms with Crippen LogP contribution < -0.4 is 5.32 Å². The van der Waals surface area contributed by atoms with Crippen LogP contribution in [-0.2, 0) is 36.7 Å². The molecule has 0 spiro atoms. The van der Waals surface area contributed by atoms with E-state index >= 15 is 0 Å². The molecule has 47 heavy (non-hydrogen) atoms. The van der Waals surface area contributed by atoms with Crippen LogP contribution in [0.5, 0.6) is 0 Å². The molecule has 0 bridgehead atoms. The molecule has 7 nitrogen and oxygen atoms in total. The lowest BCUT2D eigenvalue weighted by molar-refractivity contribution is -0.160. The highest BCUT2D eigenvalue weighted by Crippen LogP contribution is 2.28. The van der Waals surface area contributed by atoms with E-state index in [0.29, 0.717) is 12.8 Å². The average molecular weight is 655 g/mol. The van der Waals surface area contributed by atoms with Gasteiger partial charge in [0.2, 0.25) is 5.91 Å². The molecule has 1 heterocycles. The van der Waals surface area contributed by atoms with Crippen molar-refractivity contribution in [3.05, 3.63) is 102 Å². The largest absolute Gasteiger partial charge is 0.460 e. The van der Waals surface area contributed by atoms with Gasteiger partial charge in [0.05, 0.1) is 12.3 Å². The van der Waals surface area contributed by atoms with Crippen LogP contribution >= 0.6 is 11.3 Å². The highest BCUT2D eigenvalue weighted by atomic mass is 32.1. The van der Waals surface area contributed by atoms with Crippen molar-refractivity contribution in [3.63, 3.8) is 0 Å². The lowest BCUT2D eigenvalue weighted by Crippen LogP contribution is -2.38. The van der Waals surface area contributed by atoms with Gasteiger partial charge in [-0.15, -0.1) is 11.3 Å². The molecule has 4 rings (SSSR count). The van der Waals surface area contributed by atoms with Crippen LogP contribution in [0.4, 0.5) is 0 Å². The molecule has 0 saturated carbocycles. The molecule has 1 aromatic heterocycles. The Bertz CT molecular complexity index is 1590. The van der Waals surface area contributed by atoms with E-state index in [1.165, 1.54) is 0 Å². The van der Waals surface area contributed by atoms with Crippen molar-refractivity contribution in [1.29, 1.82) is 0 Å². The predicted octanol–water partition coefficient (Wildman–Crippen LogP) is 8.07. The number of benzene rings is 3. The summed E-state index contributed by atoms with van der Waals surface area (Å²) in [5, 5.41) is 5.81. The van der Waals surface area contributed by atoms with E-state index in [1.807, 2.05) is 102 Å². The molecule has 1 N–H and O–H groups in total. The van der Waals surface area contributed by atoms with Crippen molar-refractivity contribution in [2.75, 3.05) is 6.54 Å². The molecular formula is C39H46N2O5S. The van der Waals surface area contributed by atoms with E-state index in [9.17, 15) is 14.4 Å². The van der Waals surface area contributed by atoms with Crippen LogP contribution in [0.15, 0.2) is 90.4 Å². The van der Waals surface area contributed by atoms with E-state index in [4.69, 9.17) is 9.47 Å². The molecule has 0 radical (unpaired) electrons. The second-order valence-electron chi connectivity index (χ2n) is 13.8. The minimum Gasteiger partial charge on any atom is -0.460 e. The smallest absolute Gasteiger partial charge is 0.309 e. The lowest BCUT2D eigenvalue weighted by atomic mass is 9.85. The van der Waals surface area contributed by atoms with Gasteiger partial charge in [0.25, 0.3) is 0 Å². The van der Waals surface area contributed by atoms with Crippen LogP contribution in [-0.4, -0.2) is 40.6 Å². The highest BCUT2D eigenvalue weighted by molar-refractivity contribution is 7.13. The molecule has 2 atom stereocenters. The third kappa shape index (κ3) is 11.8. The number of rotatable bonds is 13. The maximum absolute atomic E-state index is 13.8. The first-order chi connectivity index (χ1) is 22.3. The minimum atomic E-state index is -0.678. The van der Waals surface area contributed by atoms with Crippen LogP contribution in [0.1, 0.15) is 65.5 Å². The third-order valence-electron chi connectivity index (χ3n) is 7.39. The lowest BCUT2D eigenvalue weighted by Gasteiger charge is -2.27. The van der Waals surface area contributed by atoms with Gasteiger partial charge in [-0.2, -0.15) is 0 Å². The first-order valence-electron chi connectivity index (χ1n) is 16.1. The van der Waals surface area contributed by atoms with Gasteiger partial charge in [-0.3, -0.25) is 14.4 Å². The van der Waals surface area contributed by atoms with Gasteiger partial charge in [0.15, 0.2) is 0 Å². The van der Waals surface area contributed by atoms with E-state index in [-0.39, 0.29) is 37.2 Å². The summed E-state index contributed by atoms with van der Waals surface area (Å²) in [4.78, 5) is 44.1. The van der Waals surface area contributed by atoms with Crippen LogP contribution in [0, 0.1) is 11.8 Å². The molecule has 4 aromatic rings. The molecule has 0 saturated heterocycles. The number of nitrogens with one attached hydrogen (secondary N) is 1. The van der Waals surface area contributed by atoms with Crippen LogP contribution in [0.2, 0.25) is 0 Å². The Morgan fingerprint density at radius 3 is 1.83 bits per heavy atom. The maximum atomic E-state index is 13.8. The highest BCUT2D eigenvalue weighted by Gasteiger charge is 2.31. The van der Waals surface area contributed by atoms with Gasteiger partial charge < -0.3 is 14.8 Å². The van der Waals surface area contributed by atoms with E-state index < -0.39 is 23.0 Å². The number of esters is 2. The van der Waals surface area contributed by atoms with Gasteiger partial charge >= 0.3 is 11.9 Å². The number of aromatic nitrogens is 1. The normalized spacial score (nSPS) is 13.0. The zero-order valence-corrected chi connectivity index (χ0v) is 29.1. The summed E-state index contributed by atoms with van der Waals surface area (Å²) < 4.78 is 11.3. The quantitative estimate of drug-likeness (QED) is 0.147. The maximum Gasteiger partial charge on any atom is 0.309 e. The van der Waals surface area contributed by atoms with Gasteiger partial charge in [-0.25, -0.2) is 4.98 Å². The summed E-state index contributed by atoms with van der Waals surface area (Å²) in [5.74, 6) is -2.03. The van der Waals surface area contributed by atoms with Crippen LogP contribution in [0.25, 0.3) is 21.7 Å². The van der Waals surface area contributed by atoms with Crippen LogP contribution in [0.3, 0.4) is 0 Å². The number of hydrogen-bond acceptors (Lipinski definition) is 7. The predicted molar refractivity (Wildman–Crippen MR) is 188 cm³/mol. The van der Waals surface area contributed by atoms with Gasteiger partial charge in [-0.1, -0.05) is 78.9 Å². The zero-order valence-electron chi connectivity index (χ0n) is 28.2. The number of carbonyl (C=O) groups excluding carboxylic acids is 3. The molecule has 0 fully saturated rings. The standard InChI is InChI=1S/C39H46N2O5S/c1-38(2,3)45-34(42)20-21-40-35(43)32(24-27-12-16-30(17-13-27)29-10-8-7-9-11-29)26-33(37(44)46-39(4,5)6)25-28-14-18-31(19-15-28)36-41-22-23-47-36/h7-19,22-23,32-33H,20-21,24-26H2,1-6H3,(H,40,43)/t32-,33+/m0/s1. The van der Waals surface area contributed by atoms with E-state index in [0.717, 1.165) is 32.8 Å². The second kappa shape index (κ2) is 16.0. The zero-order chi connectivity index (χ0) is 34.0. The number of ether oxygens (including phenoxy) is 2. The SMILES string of the molecule is CC(C)(C)OC(=O)CCNC(=O)[C@@H](Cc1ccc(-c2ccccc2)cc1)C[C@@H](Cc1ccc(-c2nccs2)cc1)C(=O)OC(C)(C)C. The fourth-order valence-electron chi connectivity index (χ4n) is 5.28. The Morgan fingerprint density at radius 1 is 0.723 bits per heavy atom. The van der Waals surface area contributed by atoms with Gasteiger partial charge in [0, 0.05) is 29.6 Å². The second-order valence-corrected chi connectivity index (χ2v) is 14.7. The number of amides is 1. The molecule has 0 aliphatic heterocycles. The number of nitrogens with zero attached hydrogens (tertiary/aromatic N) is 1. The summed E-state index contributed by atoms with van der Waals surface area (Å²) in [7, 11) is 0. The molecule has 1 amide bonds. The van der Waals surface area contributed by atoms with Crippen molar-refractivity contribution in [2.24, 2.45) is 11.8 Å². The molecule has 0 aliphatic rings. The summed E-state index contributed by atoms with van der Waals surface area (Å²) in [6.45, 7) is 11.1. The number of carbonyl (C=O) groups is 3. The average Bonchev–Trinajstić information content (AvgIpc) is 3.55. The Balaban J connectivity index is 1.55. The molecule has 3 aromatic carbocycles. The topological polar surface area (TPSA) is 94.6 Å². The minimum absolute atomic E-state index is 0.0580. The number of thiazole rings is 1. The van der Waals surface area contributed by atoms with Crippen molar-refractivity contribution in [1.82, 2.24) is 10.3 Å². The fourth-order valence-corrected chi connectivity index (χ4v) is 5.93. The van der Waals surface area contributed by atoms with E-state index in [2.05, 4.69) is 34.6 Å². The molecule has 0 aliphatic carbocycles. The van der Waals surface area contributed by atoms with Crippen molar-refractivity contribution >= 4 is 29.2 Å². The van der Waals surface area contributed by atoms with Gasteiger partial charge in [0.1, 0.15) is 16.2 Å². The first kappa shape index (κ1) is 35.6. The van der Waals surface area contributed by atoms with Crippen molar-refractivity contribution in [2.45, 2.75) is 78.4 Å². The first-order valence-corrected chi connectivity index (χ1v) is 17.0. The molecular weight excluding hydrogens is 609 g/mol. The monoisotopic (exact) mass is 654 g/mol. The molecule has 0 unspecified atom stereocenters.